The lowest BCUT2D eigenvalue weighted by atomic mass is 9.96. The molecular formula is C22H24F3N3O3. The molecule has 2 N–H and O–H groups in total. The number of hydrogen-bond donors (Lipinski definition) is 2. The number of aryl methyl sites for hydroxylation is 1. The number of ether oxygens (including phenoxy) is 2. The maximum atomic E-state index is 12.9. The highest BCUT2D eigenvalue weighted by atomic mass is 19.4. The summed E-state index contributed by atoms with van der Waals surface area (Å²) in [6.45, 7) is 2.67. The minimum Gasteiger partial charge on any atom is -0.494 e. The zero-order valence-electron chi connectivity index (χ0n) is 17.3. The molecule has 1 fully saturated rings. The van der Waals surface area contributed by atoms with E-state index in [0.29, 0.717) is 30.3 Å². The van der Waals surface area contributed by atoms with E-state index < -0.39 is 12.1 Å². The fourth-order valence-corrected chi connectivity index (χ4v) is 3.98. The van der Waals surface area contributed by atoms with E-state index in [0.717, 1.165) is 22.6 Å². The molecule has 2 aliphatic heterocycles. The van der Waals surface area contributed by atoms with Gasteiger partial charge < -0.3 is 25.0 Å². The maximum Gasteiger partial charge on any atom is 0.391 e. The maximum absolute atomic E-state index is 12.9. The smallest absolute Gasteiger partial charge is 0.391 e. The zero-order chi connectivity index (χ0) is 22.2. The van der Waals surface area contributed by atoms with Gasteiger partial charge in [0, 0.05) is 42.3 Å². The van der Waals surface area contributed by atoms with E-state index in [9.17, 15) is 18.0 Å². The number of anilines is 4. The number of methoxy groups -OCH3 is 1. The summed E-state index contributed by atoms with van der Waals surface area (Å²) >= 11 is 0. The van der Waals surface area contributed by atoms with Crippen LogP contribution in [-0.2, 0) is 4.79 Å². The van der Waals surface area contributed by atoms with Gasteiger partial charge in [-0.05, 0) is 43.5 Å². The normalized spacial score (nSPS) is 16.9. The third kappa shape index (κ3) is 4.50. The van der Waals surface area contributed by atoms with E-state index in [-0.39, 0.29) is 25.4 Å². The van der Waals surface area contributed by atoms with Gasteiger partial charge >= 0.3 is 6.18 Å². The third-order valence-electron chi connectivity index (χ3n) is 5.72. The summed E-state index contributed by atoms with van der Waals surface area (Å²) in [5.41, 5.74) is 3.96. The molecule has 0 unspecified atom stereocenters. The lowest BCUT2D eigenvalue weighted by Gasteiger charge is -2.34. The Labute approximate surface area is 178 Å². The topological polar surface area (TPSA) is 62.8 Å². The molecular weight excluding hydrogens is 411 g/mol. The van der Waals surface area contributed by atoms with E-state index in [1.807, 2.05) is 30.0 Å². The van der Waals surface area contributed by atoms with Gasteiger partial charge in [-0.1, -0.05) is 0 Å². The van der Waals surface area contributed by atoms with E-state index in [2.05, 4.69) is 10.6 Å². The van der Waals surface area contributed by atoms with Crippen molar-refractivity contribution in [3.05, 3.63) is 35.9 Å². The first-order valence-corrected chi connectivity index (χ1v) is 10.1. The van der Waals surface area contributed by atoms with Crippen LogP contribution in [0.1, 0.15) is 18.4 Å². The van der Waals surface area contributed by atoms with Crippen molar-refractivity contribution in [3.63, 3.8) is 0 Å². The van der Waals surface area contributed by atoms with Gasteiger partial charge in [-0.2, -0.15) is 13.2 Å². The molecule has 166 valence electrons. The highest BCUT2D eigenvalue weighted by Gasteiger charge is 2.41. The number of nitrogens with one attached hydrogen (secondary N) is 2. The predicted octanol–water partition coefficient (Wildman–Crippen LogP) is 4.86. The average Bonchev–Trinajstić information content (AvgIpc) is 2.74. The van der Waals surface area contributed by atoms with Gasteiger partial charge in [-0.15, -0.1) is 0 Å². The van der Waals surface area contributed by atoms with E-state index in [1.165, 1.54) is 7.11 Å². The molecule has 0 aliphatic carbocycles. The van der Waals surface area contributed by atoms with E-state index in [4.69, 9.17) is 9.47 Å². The molecule has 0 atom stereocenters. The summed E-state index contributed by atoms with van der Waals surface area (Å²) in [7, 11) is 1.52. The minimum absolute atomic E-state index is 0.0572. The largest absolute Gasteiger partial charge is 0.494 e. The Kier molecular flexibility index (Phi) is 5.60. The summed E-state index contributed by atoms with van der Waals surface area (Å²) < 4.78 is 49.6. The molecule has 2 aromatic carbocycles. The van der Waals surface area contributed by atoms with Crippen LogP contribution in [0.25, 0.3) is 0 Å². The molecule has 2 aliphatic rings. The van der Waals surface area contributed by atoms with Crippen LogP contribution in [-0.4, -0.2) is 38.9 Å². The molecule has 0 aromatic heterocycles. The number of carbonyl (C=O) groups is 1. The van der Waals surface area contributed by atoms with Crippen molar-refractivity contribution >= 4 is 28.7 Å². The molecule has 0 radical (unpaired) electrons. The van der Waals surface area contributed by atoms with Gasteiger partial charge in [-0.25, -0.2) is 0 Å². The van der Waals surface area contributed by atoms with Crippen molar-refractivity contribution < 1.29 is 27.4 Å². The molecule has 31 heavy (non-hydrogen) atoms. The fourth-order valence-electron chi connectivity index (χ4n) is 3.98. The number of hydrogen-bond acceptors (Lipinski definition) is 5. The number of benzene rings is 2. The Morgan fingerprint density at radius 3 is 2.58 bits per heavy atom. The standard InChI is InChI=1S/C22H24F3N3O3/c1-13-9-16(28-7-5-14(6-8-28)22(23,24)25)3-4-17(13)26-15-10-18(30-2)21-19(11-15)31-12-20(29)27-21/h3-4,9-11,14,26H,5-8,12H2,1-2H3,(H,27,29). The number of alkyl halides is 3. The van der Waals surface area contributed by atoms with Gasteiger partial charge in [0.1, 0.15) is 17.2 Å². The second-order valence-electron chi connectivity index (χ2n) is 7.82. The first kappa shape index (κ1) is 21.1. The van der Waals surface area contributed by atoms with Crippen LogP contribution in [0, 0.1) is 12.8 Å². The average molecular weight is 435 g/mol. The summed E-state index contributed by atoms with van der Waals surface area (Å²) in [4.78, 5) is 13.6. The summed E-state index contributed by atoms with van der Waals surface area (Å²) in [5, 5.41) is 6.07. The molecule has 0 spiro atoms. The van der Waals surface area contributed by atoms with Crippen LogP contribution in [0.15, 0.2) is 30.3 Å². The van der Waals surface area contributed by atoms with Gasteiger partial charge in [-0.3, -0.25) is 4.79 Å². The molecule has 2 heterocycles. The highest BCUT2D eigenvalue weighted by molar-refractivity contribution is 5.98. The second-order valence-corrected chi connectivity index (χ2v) is 7.82. The number of piperidine rings is 1. The molecule has 9 heteroatoms. The summed E-state index contributed by atoms with van der Waals surface area (Å²) in [6.07, 6.45) is -3.87. The number of amides is 1. The molecule has 1 amide bonds. The van der Waals surface area contributed by atoms with Crippen LogP contribution in [0.5, 0.6) is 11.5 Å². The Hall–Kier alpha value is -3.10. The number of fused-ring (bicyclic) bond motifs is 1. The Balaban J connectivity index is 1.49. The van der Waals surface area contributed by atoms with E-state index >= 15 is 0 Å². The number of nitrogens with zero attached hydrogens (tertiary/aromatic N) is 1. The molecule has 0 saturated carbocycles. The third-order valence-corrected chi connectivity index (χ3v) is 5.72. The van der Waals surface area contributed by atoms with Gasteiger partial charge in [0.2, 0.25) is 0 Å². The first-order chi connectivity index (χ1) is 14.7. The van der Waals surface area contributed by atoms with Crippen molar-refractivity contribution in [1.82, 2.24) is 0 Å². The molecule has 1 saturated heterocycles. The number of rotatable bonds is 4. The van der Waals surface area contributed by atoms with Gasteiger partial charge in [0.15, 0.2) is 6.61 Å². The van der Waals surface area contributed by atoms with Crippen LogP contribution in [0.2, 0.25) is 0 Å². The van der Waals surface area contributed by atoms with Crippen molar-refractivity contribution in [2.75, 3.05) is 42.3 Å². The molecule has 2 aromatic rings. The Morgan fingerprint density at radius 1 is 1.19 bits per heavy atom. The minimum atomic E-state index is -4.11. The molecule has 4 rings (SSSR count). The van der Waals surface area contributed by atoms with Crippen LogP contribution < -0.4 is 25.0 Å². The van der Waals surface area contributed by atoms with Crippen LogP contribution in [0.4, 0.5) is 35.9 Å². The highest BCUT2D eigenvalue weighted by Crippen LogP contribution is 2.41. The van der Waals surface area contributed by atoms with Crippen molar-refractivity contribution in [2.24, 2.45) is 5.92 Å². The summed E-state index contributed by atoms with van der Waals surface area (Å²) in [5.74, 6) is -0.452. The van der Waals surface area contributed by atoms with Crippen molar-refractivity contribution in [1.29, 1.82) is 0 Å². The Bertz CT molecular complexity index is 969. The Morgan fingerprint density at radius 2 is 1.94 bits per heavy atom. The van der Waals surface area contributed by atoms with Gasteiger partial charge in [0.25, 0.3) is 5.91 Å². The monoisotopic (exact) mass is 435 g/mol. The lowest BCUT2D eigenvalue weighted by Crippen LogP contribution is -2.39. The van der Waals surface area contributed by atoms with Crippen LogP contribution in [0.3, 0.4) is 0 Å². The van der Waals surface area contributed by atoms with Gasteiger partial charge in [0.05, 0.1) is 13.0 Å². The fraction of sp³-hybridized carbons (Fsp3) is 0.409. The second kappa shape index (κ2) is 8.20. The predicted molar refractivity (Wildman–Crippen MR) is 113 cm³/mol. The molecule has 0 bridgehead atoms. The van der Waals surface area contributed by atoms with E-state index in [1.54, 1.807) is 12.1 Å². The number of halogens is 3. The zero-order valence-corrected chi connectivity index (χ0v) is 17.3. The molecule has 6 nitrogen and oxygen atoms in total. The van der Waals surface area contributed by atoms with Crippen molar-refractivity contribution in [3.8, 4) is 11.5 Å². The first-order valence-electron chi connectivity index (χ1n) is 10.1. The van der Waals surface area contributed by atoms with Crippen LogP contribution >= 0.6 is 0 Å². The quantitative estimate of drug-likeness (QED) is 0.719. The lowest BCUT2D eigenvalue weighted by molar-refractivity contribution is -0.179. The number of carbonyl (C=O) groups excluding carboxylic acids is 1. The summed E-state index contributed by atoms with van der Waals surface area (Å²) in [6, 6.07) is 9.35. The SMILES string of the molecule is COc1cc(Nc2ccc(N3CCC(C(F)(F)F)CC3)cc2C)cc2c1NC(=O)CO2. The van der Waals surface area contributed by atoms with Crippen molar-refractivity contribution in [2.45, 2.75) is 25.9 Å².